The second kappa shape index (κ2) is 8.70. The second-order valence-electron chi connectivity index (χ2n) is 9.80. The average Bonchev–Trinajstić information content (AvgIpc) is 3.32. The van der Waals surface area contributed by atoms with E-state index >= 15 is 0 Å². The SMILES string of the molecule is Cc1cccc(N2C[C@H](C(=O)Oc3ccc(N4C(=O)[C@H]5CC[C@H](C)C[C@@H]5C4=O)cc3)CC2=O)c1. The van der Waals surface area contributed by atoms with Crippen molar-refractivity contribution in [2.45, 2.75) is 39.5 Å². The Morgan fingerprint density at radius 1 is 0.941 bits per heavy atom. The summed E-state index contributed by atoms with van der Waals surface area (Å²) >= 11 is 0. The molecule has 5 rings (SSSR count). The Morgan fingerprint density at radius 2 is 1.68 bits per heavy atom. The molecule has 2 aromatic rings. The maximum atomic E-state index is 12.9. The minimum atomic E-state index is -0.556. The van der Waals surface area contributed by atoms with Crippen molar-refractivity contribution in [3.8, 4) is 5.75 Å². The highest BCUT2D eigenvalue weighted by molar-refractivity contribution is 6.22. The van der Waals surface area contributed by atoms with Gasteiger partial charge in [-0.1, -0.05) is 19.1 Å². The third-order valence-corrected chi connectivity index (χ3v) is 7.27. The molecule has 7 heteroatoms. The minimum absolute atomic E-state index is 0.100. The number of hydrogen-bond donors (Lipinski definition) is 0. The zero-order chi connectivity index (χ0) is 24.0. The smallest absolute Gasteiger partial charge is 0.316 e. The van der Waals surface area contributed by atoms with Gasteiger partial charge in [-0.05, 0) is 74.1 Å². The predicted octanol–water partition coefficient (Wildman–Crippen LogP) is 3.88. The van der Waals surface area contributed by atoms with E-state index in [1.807, 2.05) is 31.2 Å². The Morgan fingerprint density at radius 3 is 2.41 bits per heavy atom. The van der Waals surface area contributed by atoms with Crippen molar-refractivity contribution in [2.24, 2.45) is 23.7 Å². The van der Waals surface area contributed by atoms with Crippen LogP contribution in [0.2, 0.25) is 0 Å². The van der Waals surface area contributed by atoms with E-state index in [1.165, 1.54) is 4.90 Å². The molecule has 2 saturated heterocycles. The second-order valence-corrected chi connectivity index (χ2v) is 9.80. The molecule has 0 unspecified atom stereocenters. The van der Waals surface area contributed by atoms with Crippen LogP contribution in [0.25, 0.3) is 0 Å². The number of fused-ring (bicyclic) bond motifs is 1. The molecule has 1 saturated carbocycles. The molecule has 0 aromatic heterocycles. The number of anilines is 2. The van der Waals surface area contributed by atoms with Crippen molar-refractivity contribution >= 4 is 35.1 Å². The quantitative estimate of drug-likeness (QED) is 0.393. The largest absolute Gasteiger partial charge is 0.426 e. The fourth-order valence-corrected chi connectivity index (χ4v) is 5.42. The lowest BCUT2D eigenvalue weighted by Gasteiger charge is -2.25. The number of aryl methyl sites for hydroxylation is 1. The first-order valence-electron chi connectivity index (χ1n) is 11.9. The summed E-state index contributed by atoms with van der Waals surface area (Å²) in [5.41, 5.74) is 2.32. The Labute approximate surface area is 198 Å². The van der Waals surface area contributed by atoms with Crippen LogP contribution in [0.5, 0.6) is 5.75 Å². The van der Waals surface area contributed by atoms with Crippen LogP contribution in [0.4, 0.5) is 11.4 Å². The molecule has 0 N–H and O–H groups in total. The Balaban J connectivity index is 1.24. The molecule has 3 aliphatic rings. The Hall–Kier alpha value is -3.48. The van der Waals surface area contributed by atoms with Gasteiger partial charge in [0.25, 0.3) is 0 Å². The van der Waals surface area contributed by atoms with Crippen LogP contribution in [0.15, 0.2) is 48.5 Å². The number of nitrogens with zero attached hydrogens (tertiary/aromatic N) is 2. The summed E-state index contributed by atoms with van der Waals surface area (Å²) in [6.45, 7) is 4.35. The Bertz CT molecular complexity index is 1160. The first kappa shape index (κ1) is 22.3. The first-order valence-corrected chi connectivity index (χ1v) is 11.9. The molecule has 3 amide bonds. The molecule has 4 atom stereocenters. The van der Waals surface area contributed by atoms with Crippen molar-refractivity contribution in [1.82, 2.24) is 0 Å². The van der Waals surface area contributed by atoms with Crippen LogP contribution >= 0.6 is 0 Å². The average molecular weight is 461 g/mol. The molecule has 0 spiro atoms. The van der Waals surface area contributed by atoms with Crippen molar-refractivity contribution in [3.05, 3.63) is 54.1 Å². The maximum absolute atomic E-state index is 12.9. The van der Waals surface area contributed by atoms with Gasteiger partial charge >= 0.3 is 5.97 Å². The van der Waals surface area contributed by atoms with Crippen LogP contribution in [0.1, 0.15) is 38.2 Å². The van der Waals surface area contributed by atoms with E-state index in [0.717, 1.165) is 30.5 Å². The molecular weight excluding hydrogens is 432 g/mol. The number of carbonyl (C=O) groups excluding carboxylic acids is 4. The fourth-order valence-electron chi connectivity index (χ4n) is 5.42. The zero-order valence-corrected chi connectivity index (χ0v) is 19.4. The molecule has 3 fully saturated rings. The predicted molar refractivity (Wildman–Crippen MR) is 126 cm³/mol. The normalized spacial score (nSPS) is 26.7. The van der Waals surface area contributed by atoms with E-state index in [2.05, 4.69) is 6.92 Å². The van der Waals surface area contributed by atoms with Gasteiger partial charge in [0.2, 0.25) is 17.7 Å². The summed E-state index contributed by atoms with van der Waals surface area (Å²) in [4.78, 5) is 53.9. The maximum Gasteiger partial charge on any atom is 0.316 e. The summed E-state index contributed by atoms with van der Waals surface area (Å²) < 4.78 is 5.53. The van der Waals surface area contributed by atoms with E-state index < -0.39 is 11.9 Å². The van der Waals surface area contributed by atoms with Gasteiger partial charge in [-0.2, -0.15) is 0 Å². The van der Waals surface area contributed by atoms with Gasteiger partial charge in [0.05, 0.1) is 23.4 Å². The third-order valence-electron chi connectivity index (χ3n) is 7.27. The standard InChI is InChI=1S/C27H28N2O5/c1-16-4-3-5-20(12-16)28-15-18(14-24(28)30)27(33)34-21-9-7-19(8-10-21)29-25(31)22-11-6-17(2)13-23(22)26(29)32/h3-5,7-10,12,17-18,22-23H,6,11,13-15H2,1-2H3/t17-,18+,22-,23-/m0/s1. The lowest BCUT2D eigenvalue weighted by Crippen LogP contribution is -2.30. The van der Waals surface area contributed by atoms with Crippen LogP contribution in [0.3, 0.4) is 0 Å². The summed E-state index contributed by atoms with van der Waals surface area (Å²) in [7, 11) is 0. The molecule has 1 aliphatic carbocycles. The van der Waals surface area contributed by atoms with Crippen LogP contribution in [0, 0.1) is 30.6 Å². The van der Waals surface area contributed by atoms with Crippen LogP contribution in [-0.2, 0) is 19.2 Å². The van der Waals surface area contributed by atoms with Crippen molar-refractivity contribution in [3.63, 3.8) is 0 Å². The summed E-state index contributed by atoms with van der Waals surface area (Å²) in [5, 5.41) is 0. The highest BCUT2D eigenvalue weighted by Crippen LogP contribution is 2.42. The number of hydrogen-bond acceptors (Lipinski definition) is 5. The van der Waals surface area contributed by atoms with Gasteiger partial charge in [-0.25, -0.2) is 0 Å². The molecule has 2 aromatic carbocycles. The van der Waals surface area contributed by atoms with Gasteiger partial charge in [0.15, 0.2) is 0 Å². The van der Waals surface area contributed by atoms with Crippen LogP contribution in [-0.4, -0.2) is 30.2 Å². The lowest BCUT2D eigenvalue weighted by molar-refractivity contribution is -0.139. The van der Waals surface area contributed by atoms with Crippen molar-refractivity contribution < 1.29 is 23.9 Å². The summed E-state index contributed by atoms with van der Waals surface area (Å²) in [6.07, 6.45) is 2.57. The number of carbonyl (C=O) groups is 4. The monoisotopic (exact) mass is 460 g/mol. The molecule has 0 radical (unpaired) electrons. The van der Waals surface area contributed by atoms with Crippen molar-refractivity contribution in [1.29, 1.82) is 0 Å². The molecule has 2 heterocycles. The lowest BCUT2D eigenvalue weighted by atomic mass is 9.76. The highest BCUT2D eigenvalue weighted by Gasteiger charge is 2.50. The van der Waals surface area contributed by atoms with Gasteiger partial charge in [-0.3, -0.25) is 24.1 Å². The third kappa shape index (κ3) is 4.00. The highest BCUT2D eigenvalue weighted by atomic mass is 16.5. The molecule has 176 valence electrons. The number of amides is 3. The van der Waals surface area contributed by atoms with E-state index in [4.69, 9.17) is 4.74 Å². The van der Waals surface area contributed by atoms with E-state index in [1.54, 1.807) is 29.2 Å². The van der Waals surface area contributed by atoms with Gasteiger partial charge in [0, 0.05) is 18.7 Å². The molecule has 2 aliphatic heterocycles. The van der Waals surface area contributed by atoms with E-state index in [-0.39, 0.29) is 42.5 Å². The van der Waals surface area contributed by atoms with Gasteiger partial charge in [-0.15, -0.1) is 0 Å². The minimum Gasteiger partial charge on any atom is -0.426 e. The van der Waals surface area contributed by atoms with E-state index in [0.29, 0.717) is 17.4 Å². The Kier molecular flexibility index (Phi) is 5.71. The number of benzene rings is 2. The van der Waals surface area contributed by atoms with Crippen molar-refractivity contribution in [2.75, 3.05) is 16.3 Å². The summed E-state index contributed by atoms with van der Waals surface area (Å²) in [5.74, 6) is -1.08. The van der Waals surface area contributed by atoms with Gasteiger partial charge < -0.3 is 9.64 Å². The molecular formula is C27H28N2O5. The number of esters is 1. The number of ether oxygens (including phenoxy) is 1. The number of imide groups is 1. The van der Waals surface area contributed by atoms with Gasteiger partial charge in [0.1, 0.15) is 5.75 Å². The fraction of sp³-hybridized carbons (Fsp3) is 0.407. The molecule has 0 bridgehead atoms. The first-order chi connectivity index (χ1) is 16.3. The van der Waals surface area contributed by atoms with Crippen LogP contribution < -0.4 is 14.5 Å². The molecule has 7 nitrogen and oxygen atoms in total. The molecule has 34 heavy (non-hydrogen) atoms. The summed E-state index contributed by atoms with van der Waals surface area (Å²) in [6, 6.07) is 14.1. The van der Waals surface area contributed by atoms with E-state index in [9.17, 15) is 19.2 Å². The zero-order valence-electron chi connectivity index (χ0n) is 19.4. The topological polar surface area (TPSA) is 84.0 Å². The number of rotatable bonds is 4.